The maximum atomic E-state index is 13.2. The molecular formula is C22H21ClN4O3S. The lowest BCUT2D eigenvalue weighted by atomic mass is 10.0. The Morgan fingerprint density at radius 1 is 1.16 bits per heavy atom. The van der Waals surface area contributed by atoms with E-state index >= 15 is 0 Å². The van der Waals surface area contributed by atoms with Crippen molar-refractivity contribution in [1.29, 1.82) is 0 Å². The predicted molar refractivity (Wildman–Crippen MR) is 120 cm³/mol. The number of carbonyl (C=O) groups is 1. The minimum absolute atomic E-state index is 0.0607. The van der Waals surface area contributed by atoms with Crippen LogP contribution in [0, 0.1) is 0 Å². The quantitative estimate of drug-likeness (QED) is 0.559. The minimum atomic E-state index is -0.186. The molecule has 1 aliphatic rings. The lowest BCUT2D eigenvalue weighted by molar-refractivity contribution is 0.0717. The summed E-state index contributed by atoms with van der Waals surface area (Å²) >= 11 is 7.69. The maximum Gasteiger partial charge on any atom is 0.273 e. The summed E-state index contributed by atoms with van der Waals surface area (Å²) in [5, 5.41) is 1.28. The summed E-state index contributed by atoms with van der Waals surface area (Å²) in [6, 6.07) is 13.0. The van der Waals surface area contributed by atoms with E-state index in [1.165, 1.54) is 11.8 Å². The molecule has 0 unspecified atom stereocenters. The zero-order valence-corrected chi connectivity index (χ0v) is 18.7. The molecule has 3 aromatic rings. The fourth-order valence-electron chi connectivity index (χ4n) is 3.44. The Labute approximate surface area is 189 Å². The van der Waals surface area contributed by atoms with Gasteiger partial charge in [0.25, 0.3) is 5.91 Å². The zero-order chi connectivity index (χ0) is 22.0. The Kier molecular flexibility index (Phi) is 6.20. The van der Waals surface area contributed by atoms with E-state index in [1.54, 1.807) is 25.2 Å². The van der Waals surface area contributed by atoms with Crippen molar-refractivity contribution in [2.75, 3.05) is 26.5 Å². The summed E-state index contributed by atoms with van der Waals surface area (Å²) in [5.74, 6) is 1.23. The molecule has 0 atom stereocenters. The van der Waals surface area contributed by atoms with Gasteiger partial charge in [0.1, 0.15) is 22.2 Å². The fourth-order valence-corrected chi connectivity index (χ4v) is 4.67. The number of hydrogen-bond donors (Lipinski definition) is 1. The van der Waals surface area contributed by atoms with Crippen LogP contribution in [0.3, 0.4) is 0 Å². The van der Waals surface area contributed by atoms with Crippen LogP contribution in [0.2, 0.25) is 5.02 Å². The van der Waals surface area contributed by atoms with Gasteiger partial charge in [-0.3, -0.25) is 4.79 Å². The molecule has 31 heavy (non-hydrogen) atoms. The molecule has 1 aliphatic heterocycles. The van der Waals surface area contributed by atoms with Gasteiger partial charge < -0.3 is 20.1 Å². The van der Waals surface area contributed by atoms with Crippen LogP contribution in [-0.4, -0.2) is 41.5 Å². The predicted octanol–water partition coefficient (Wildman–Crippen LogP) is 4.08. The number of nitrogen functional groups attached to an aromatic ring is 1. The van der Waals surface area contributed by atoms with Gasteiger partial charge in [-0.15, -0.1) is 0 Å². The van der Waals surface area contributed by atoms with Crippen molar-refractivity contribution < 1.29 is 14.3 Å². The monoisotopic (exact) mass is 456 g/mol. The average molecular weight is 457 g/mol. The van der Waals surface area contributed by atoms with Crippen molar-refractivity contribution >= 4 is 35.2 Å². The van der Waals surface area contributed by atoms with Gasteiger partial charge in [0.05, 0.1) is 19.2 Å². The first kappa shape index (κ1) is 21.3. The second-order valence-corrected chi connectivity index (χ2v) is 8.34. The first-order chi connectivity index (χ1) is 15.0. The number of methoxy groups -OCH3 is 2. The second-order valence-electron chi connectivity index (χ2n) is 6.90. The van der Waals surface area contributed by atoms with Gasteiger partial charge in [-0.05, 0) is 30.7 Å². The van der Waals surface area contributed by atoms with Gasteiger partial charge >= 0.3 is 0 Å². The molecule has 2 N–H and O–H groups in total. The minimum Gasteiger partial charge on any atom is -0.497 e. The first-order valence-electron chi connectivity index (χ1n) is 9.59. The zero-order valence-electron chi connectivity index (χ0n) is 17.1. The Morgan fingerprint density at radius 2 is 1.97 bits per heavy atom. The summed E-state index contributed by atoms with van der Waals surface area (Å²) in [5.41, 5.74) is 7.95. The summed E-state index contributed by atoms with van der Waals surface area (Å²) in [6.45, 7) is 0.923. The van der Waals surface area contributed by atoms with E-state index in [0.29, 0.717) is 46.8 Å². The van der Waals surface area contributed by atoms with Crippen molar-refractivity contribution in [2.24, 2.45) is 0 Å². The first-order valence-corrected chi connectivity index (χ1v) is 10.8. The molecule has 0 aliphatic carbocycles. The number of rotatable bonds is 6. The smallest absolute Gasteiger partial charge is 0.273 e. The number of nitrogens with two attached hydrogens (primary N) is 1. The standard InChI is InChI=1S/C22H21ClN4O3S/c1-29-14-8-7-13(17(11-14)30-2)12-27-10-9-15-19(21(27)28)25-22(24)26-20(15)31-18-6-4-3-5-16(18)23/h3-8,11H,9-10,12H2,1-2H3,(H2,24,25,26). The molecule has 2 heterocycles. The third-order valence-electron chi connectivity index (χ3n) is 5.01. The molecule has 9 heteroatoms. The summed E-state index contributed by atoms with van der Waals surface area (Å²) in [6.07, 6.45) is 0.618. The number of halogens is 1. The van der Waals surface area contributed by atoms with Crippen LogP contribution in [0.1, 0.15) is 21.6 Å². The van der Waals surface area contributed by atoms with E-state index in [4.69, 9.17) is 26.8 Å². The summed E-state index contributed by atoms with van der Waals surface area (Å²) in [4.78, 5) is 24.5. The van der Waals surface area contributed by atoms with Crippen LogP contribution in [0.15, 0.2) is 52.4 Å². The van der Waals surface area contributed by atoms with E-state index in [-0.39, 0.29) is 11.9 Å². The Hall–Kier alpha value is -2.97. The molecule has 0 radical (unpaired) electrons. The van der Waals surface area contributed by atoms with E-state index in [1.807, 2.05) is 36.4 Å². The van der Waals surface area contributed by atoms with Crippen molar-refractivity contribution in [3.8, 4) is 11.5 Å². The van der Waals surface area contributed by atoms with Crippen LogP contribution in [0.4, 0.5) is 5.95 Å². The average Bonchev–Trinajstić information content (AvgIpc) is 2.77. The molecule has 1 aromatic heterocycles. The topological polar surface area (TPSA) is 90.6 Å². The van der Waals surface area contributed by atoms with Crippen molar-refractivity contribution in [1.82, 2.24) is 14.9 Å². The van der Waals surface area contributed by atoms with Gasteiger partial charge in [-0.1, -0.05) is 35.5 Å². The number of aromatic nitrogens is 2. The molecule has 0 saturated heterocycles. The number of amides is 1. The highest BCUT2D eigenvalue weighted by Gasteiger charge is 2.30. The van der Waals surface area contributed by atoms with E-state index in [0.717, 1.165) is 16.0 Å². The van der Waals surface area contributed by atoms with Crippen molar-refractivity contribution in [3.63, 3.8) is 0 Å². The summed E-state index contributed by atoms with van der Waals surface area (Å²) in [7, 11) is 3.19. The molecule has 7 nitrogen and oxygen atoms in total. The lowest BCUT2D eigenvalue weighted by Gasteiger charge is -2.29. The Bertz CT molecular complexity index is 1140. The highest BCUT2D eigenvalue weighted by Crippen LogP contribution is 2.37. The van der Waals surface area contributed by atoms with Gasteiger partial charge in [-0.25, -0.2) is 9.97 Å². The number of carbonyl (C=O) groups excluding carboxylic acids is 1. The third kappa shape index (κ3) is 4.40. The Balaban J connectivity index is 1.62. The molecule has 0 spiro atoms. The Morgan fingerprint density at radius 3 is 2.71 bits per heavy atom. The largest absolute Gasteiger partial charge is 0.497 e. The third-order valence-corrected chi connectivity index (χ3v) is 6.56. The fraction of sp³-hybridized carbons (Fsp3) is 0.227. The SMILES string of the molecule is COc1ccc(CN2CCc3c(Sc4ccccc4Cl)nc(N)nc3C2=O)c(OC)c1. The maximum absolute atomic E-state index is 13.2. The number of hydrogen-bond acceptors (Lipinski definition) is 7. The molecule has 0 saturated carbocycles. The van der Waals surface area contributed by atoms with Crippen molar-refractivity contribution in [2.45, 2.75) is 22.9 Å². The number of ether oxygens (including phenoxy) is 2. The normalized spacial score (nSPS) is 13.1. The molecule has 4 rings (SSSR count). The highest BCUT2D eigenvalue weighted by atomic mass is 35.5. The molecule has 1 amide bonds. The van der Waals surface area contributed by atoms with Crippen LogP contribution in [0.25, 0.3) is 0 Å². The highest BCUT2D eigenvalue weighted by molar-refractivity contribution is 7.99. The van der Waals surface area contributed by atoms with Crippen LogP contribution >= 0.6 is 23.4 Å². The summed E-state index contributed by atoms with van der Waals surface area (Å²) < 4.78 is 10.7. The van der Waals surface area contributed by atoms with Gasteiger partial charge in [0.15, 0.2) is 0 Å². The van der Waals surface area contributed by atoms with E-state index in [2.05, 4.69) is 9.97 Å². The number of nitrogens with zero attached hydrogens (tertiary/aromatic N) is 3. The van der Waals surface area contributed by atoms with Gasteiger partial charge in [0, 0.05) is 35.2 Å². The number of anilines is 1. The molecule has 0 fully saturated rings. The van der Waals surface area contributed by atoms with Gasteiger partial charge in [0.2, 0.25) is 5.95 Å². The molecule has 2 aromatic carbocycles. The second kappa shape index (κ2) is 9.03. The lowest BCUT2D eigenvalue weighted by Crippen LogP contribution is -2.38. The molecule has 0 bridgehead atoms. The van der Waals surface area contributed by atoms with Crippen LogP contribution < -0.4 is 15.2 Å². The number of benzene rings is 2. The van der Waals surface area contributed by atoms with E-state index < -0.39 is 0 Å². The number of fused-ring (bicyclic) bond motifs is 1. The van der Waals surface area contributed by atoms with E-state index in [9.17, 15) is 4.79 Å². The van der Waals surface area contributed by atoms with Gasteiger partial charge in [-0.2, -0.15) is 0 Å². The van der Waals surface area contributed by atoms with Crippen molar-refractivity contribution in [3.05, 3.63) is 64.3 Å². The molecule has 160 valence electrons. The van der Waals surface area contributed by atoms with Crippen LogP contribution in [0.5, 0.6) is 11.5 Å². The van der Waals surface area contributed by atoms with Crippen LogP contribution in [-0.2, 0) is 13.0 Å². The molecular weight excluding hydrogens is 436 g/mol.